The van der Waals surface area contributed by atoms with Gasteiger partial charge in [-0.05, 0) is 11.6 Å². The van der Waals surface area contributed by atoms with Gasteiger partial charge < -0.3 is 15.8 Å². The van der Waals surface area contributed by atoms with Crippen molar-refractivity contribution >= 4 is 23.3 Å². The molecule has 0 aliphatic heterocycles. The van der Waals surface area contributed by atoms with Gasteiger partial charge in [0.15, 0.2) is 0 Å². The molecule has 0 saturated heterocycles. The first-order valence-corrected chi connectivity index (χ1v) is 5.36. The molecule has 0 radical (unpaired) electrons. The molecule has 0 spiro atoms. The zero-order valence-corrected chi connectivity index (χ0v) is 10.2. The van der Waals surface area contributed by atoms with Crippen LogP contribution in [0.15, 0.2) is 29.4 Å². The second-order valence-electron chi connectivity index (χ2n) is 3.61. The lowest BCUT2D eigenvalue weighted by Crippen LogP contribution is -2.30. The van der Waals surface area contributed by atoms with E-state index >= 15 is 0 Å². The summed E-state index contributed by atoms with van der Waals surface area (Å²) in [5, 5.41) is 11.7. The zero-order valence-electron chi connectivity index (χ0n) is 9.43. The number of carbonyl (C=O) groups is 1. The molecule has 0 saturated carbocycles. The first-order chi connectivity index (χ1) is 8.04. The van der Waals surface area contributed by atoms with Gasteiger partial charge in [-0.25, -0.2) is 0 Å². The second-order valence-corrected chi connectivity index (χ2v) is 4.02. The fourth-order valence-corrected chi connectivity index (χ4v) is 1.49. The van der Waals surface area contributed by atoms with Crippen molar-refractivity contribution in [2.24, 2.45) is 10.9 Å². The lowest BCUT2D eigenvalue weighted by Gasteiger charge is -2.17. The minimum Gasteiger partial charge on any atom is -0.409 e. The molecule has 0 fully saturated rings. The molecule has 3 N–H and O–H groups in total. The number of halogens is 1. The van der Waals surface area contributed by atoms with Crippen LogP contribution in [0.3, 0.4) is 0 Å². The molecule has 0 aliphatic rings. The van der Waals surface area contributed by atoms with Gasteiger partial charge in [-0.2, -0.15) is 0 Å². The van der Waals surface area contributed by atoms with E-state index in [0.717, 1.165) is 5.56 Å². The van der Waals surface area contributed by atoms with Gasteiger partial charge in [0.05, 0.1) is 6.42 Å². The van der Waals surface area contributed by atoms with Crippen LogP contribution in [0, 0.1) is 0 Å². The van der Waals surface area contributed by atoms with Gasteiger partial charge in [0.2, 0.25) is 5.91 Å². The highest BCUT2D eigenvalue weighted by molar-refractivity contribution is 6.31. The molecule has 0 unspecified atom stereocenters. The Morgan fingerprint density at radius 1 is 1.53 bits per heavy atom. The smallest absolute Gasteiger partial charge is 0.230 e. The topological polar surface area (TPSA) is 78.9 Å². The number of amides is 1. The predicted octanol–water partition coefficient (Wildman–Crippen LogP) is 1.43. The molecule has 1 rings (SSSR count). The Kier molecular flexibility index (Phi) is 4.78. The van der Waals surface area contributed by atoms with Crippen LogP contribution in [0.4, 0.5) is 0 Å². The highest BCUT2D eigenvalue weighted by Gasteiger charge is 2.12. The number of amidine groups is 1. The standard InChI is InChI=1S/C11H14ClN3O2/c1-15(11(16)6-10(13)14-17)7-8-4-2-3-5-9(8)12/h2-5,17H,6-7H2,1H3,(H2,13,14). The van der Waals surface area contributed by atoms with E-state index in [-0.39, 0.29) is 18.2 Å². The molecular formula is C11H14ClN3O2. The van der Waals surface area contributed by atoms with Gasteiger partial charge in [-0.3, -0.25) is 4.79 Å². The van der Waals surface area contributed by atoms with Crippen molar-refractivity contribution in [1.82, 2.24) is 4.90 Å². The summed E-state index contributed by atoms with van der Waals surface area (Å²) in [6, 6.07) is 7.28. The molecule has 0 bridgehead atoms. The van der Waals surface area contributed by atoms with Gasteiger partial charge in [-0.15, -0.1) is 0 Å². The van der Waals surface area contributed by atoms with Gasteiger partial charge in [0, 0.05) is 18.6 Å². The maximum absolute atomic E-state index is 11.6. The molecule has 5 nitrogen and oxygen atoms in total. The van der Waals surface area contributed by atoms with E-state index in [1.807, 2.05) is 18.2 Å². The molecular weight excluding hydrogens is 242 g/mol. The Balaban J connectivity index is 2.63. The monoisotopic (exact) mass is 255 g/mol. The predicted molar refractivity (Wildman–Crippen MR) is 66.0 cm³/mol. The van der Waals surface area contributed by atoms with Crippen LogP contribution in [0.25, 0.3) is 0 Å². The van der Waals surface area contributed by atoms with E-state index in [1.54, 1.807) is 13.1 Å². The highest BCUT2D eigenvalue weighted by atomic mass is 35.5. The first-order valence-electron chi connectivity index (χ1n) is 4.98. The molecule has 0 aromatic heterocycles. The van der Waals surface area contributed by atoms with Crippen molar-refractivity contribution in [3.63, 3.8) is 0 Å². The minimum atomic E-state index is -0.236. The van der Waals surface area contributed by atoms with Crippen molar-refractivity contribution in [2.75, 3.05) is 7.05 Å². The summed E-state index contributed by atoms with van der Waals surface area (Å²) in [5.74, 6) is -0.346. The molecule has 1 aromatic carbocycles. The maximum atomic E-state index is 11.6. The normalized spacial score (nSPS) is 11.3. The molecule has 0 heterocycles. The third-order valence-electron chi connectivity index (χ3n) is 2.25. The Labute approximate surface area is 104 Å². The van der Waals surface area contributed by atoms with Crippen LogP contribution >= 0.6 is 11.6 Å². The molecule has 17 heavy (non-hydrogen) atoms. The number of nitrogens with two attached hydrogens (primary N) is 1. The number of carbonyl (C=O) groups excluding carboxylic acids is 1. The van der Waals surface area contributed by atoms with Crippen LogP contribution in [-0.2, 0) is 11.3 Å². The average Bonchev–Trinajstić information content (AvgIpc) is 2.31. The van der Waals surface area contributed by atoms with E-state index < -0.39 is 0 Å². The number of hydrogen-bond acceptors (Lipinski definition) is 3. The van der Waals surface area contributed by atoms with Crippen LogP contribution in [-0.4, -0.2) is 28.9 Å². The molecule has 92 valence electrons. The molecule has 1 amide bonds. The van der Waals surface area contributed by atoms with Crippen molar-refractivity contribution in [1.29, 1.82) is 0 Å². The Morgan fingerprint density at radius 3 is 2.76 bits per heavy atom. The van der Waals surface area contributed by atoms with E-state index in [4.69, 9.17) is 22.5 Å². The summed E-state index contributed by atoms with van der Waals surface area (Å²) in [5.41, 5.74) is 6.11. The Bertz CT molecular complexity index is 434. The van der Waals surface area contributed by atoms with Crippen molar-refractivity contribution in [3.05, 3.63) is 34.9 Å². The van der Waals surface area contributed by atoms with E-state index in [0.29, 0.717) is 11.6 Å². The SMILES string of the molecule is CN(Cc1ccccc1Cl)C(=O)CC(N)=NO. The van der Waals surface area contributed by atoms with E-state index in [2.05, 4.69) is 5.16 Å². The maximum Gasteiger partial charge on any atom is 0.230 e. The fraction of sp³-hybridized carbons (Fsp3) is 0.273. The molecule has 6 heteroatoms. The molecule has 0 aliphatic carbocycles. The highest BCUT2D eigenvalue weighted by Crippen LogP contribution is 2.16. The zero-order chi connectivity index (χ0) is 12.8. The van der Waals surface area contributed by atoms with Crippen molar-refractivity contribution in [3.8, 4) is 0 Å². The number of oxime groups is 1. The summed E-state index contributed by atoms with van der Waals surface area (Å²) in [4.78, 5) is 13.1. The number of hydrogen-bond donors (Lipinski definition) is 2. The summed E-state index contributed by atoms with van der Waals surface area (Å²) in [6.45, 7) is 0.386. The molecule has 1 aromatic rings. The van der Waals surface area contributed by atoms with Crippen molar-refractivity contribution < 1.29 is 10.0 Å². The lowest BCUT2D eigenvalue weighted by molar-refractivity contribution is -0.129. The Hall–Kier alpha value is -1.75. The quantitative estimate of drug-likeness (QED) is 0.370. The van der Waals surface area contributed by atoms with Crippen molar-refractivity contribution in [2.45, 2.75) is 13.0 Å². The third kappa shape index (κ3) is 3.96. The largest absolute Gasteiger partial charge is 0.409 e. The number of benzene rings is 1. The van der Waals surface area contributed by atoms with E-state index in [9.17, 15) is 4.79 Å². The minimum absolute atomic E-state index is 0.110. The van der Waals surface area contributed by atoms with Crippen LogP contribution in [0.2, 0.25) is 5.02 Å². The van der Waals surface area contributed by atoms with Crippen LogP contribution in [0.1, 0.15) is 12.0 Å². The van der Waals surface area contributed by atoms with Gasteiger partial charge in [0.25, 0.3) is 0 Å². The number of nitrogens with zero attached hydrogens (tertiary/aromatic N) is 2. The van der Waals surface area contributed by atoms with Gasteiger partial charge in [0.1, 0.15) is 5.84 Å². The number of rotatable bonds is 4. The van der Waals surface area contributed by atoms with E-state index in [1.165, 1.54) is 4.90 Å². The van der Waals surface area contributed by atoms with Crippen LogP contribution < -0.4 is 5.73 Å². The Morgan fingerprint density at radius 2 is 2.18 bits per heavy atom. The third-order valence-corrected chi connectivity index (χ3v) is 2.62. The summed E-state index contributed by atoms with van der Waals surface area (Å²) >= 11 is 5.98. The summed E-state index contributed by atoms with van der Waals surface area (Å²) in [6.07, 6.45) is -0.114. The fourth-order valence-electron chi connectivity index (χ4n) is 1.30. The van der Waals surface area contributed by atoms with Crippen LogP contribution in [0.5, 0.6) is 0 Å². The average molecular weight is 256 g/mol. The lowest BCUT2D eigenvalue weighted by atomic mass is 10.2. The summed E-state index contributed by atoms with van der Waals surface area (Å²) < 4.78 is 0. The van der Waals surface area contributed by atoms with Gasteiger partial charge >= 0.3 is 0 Å². The first kappa shape index (κ1) is 13.3. The molecule has 0 atom stereocenters. The summed E-state index contributed by atoms with van der Waals surface area (Å²) in [7, 11) is 1.64. The second kappa shape index (κ2) is 6.10. The van der Waals surface area contributed by atoms with Gasteiger partial charge in [-0.1, -0.05) is 35.0 Å².